The van der Waals surface area contributed by atoms with Crippen LogP contribution in [0.15, 0.2) is 86.3 Å². The zero-order valence-electron chi connectivity index (χ0n) is 27.9. The third-order valence-electron chi connectivity index (χ3n) is 7.11. The molecule has 2 rings (SSSR count). The van der Waals surface area contributed by atoms with E-state index in [2.05, 4.69) is 44.0 Å². The molecule has 1 aromatic heterocycles. The summed E-state index contributed by atoms with van der Waals surface area (Å²) in [6.45, 7) is 13.6. The Morgan fingerprint density at radius 1 is 1.22 bits per heavy atom. The number of aromatic nitrogens is 1. The molecule has 0 saturated heterocycles. The van der Waals surface area contributed by atoms with E-state index < -0.39 is 23.5 Å². The molecule has 0 aliphatic carbocycles. The van der Waals surface area contributed by atoms with Crippen molar-refractivity contribution in [2.24, 2.45) is 9.98 Å². The van der Waals surface area contributed by atoms with Crippen LogP contribution in [0, 0.1) is 6.92 Å². The van der Waals surface area contributed by atoms with Gasteiger partial charge in [0, 0.05) is 52.1 Å². The standard InChI is InChI=1S/C34H50FN7O2S/c1-9-11-18-42(19-17-37-29-14-16-36-27(5)38-24-29)33(41(6)7)22-28(15-20-43)30(21-25(3)10-2)32(23-35)40-31-13-12-26(4)39-34(31)45(8)44/h10,12-14,20-22,24,32,37,40H,2,9,11,15-19,23H2,1,3-8H3/b25-21-,30-28-,33-22+/t32-,45?/m1/s1. The normalized spacial score (nSPS) is 15.6. The molecule has 1 aromatic rings. The van der Waals surface area contributed by atoms with Gasteiger partial charge in [-0.15, -0.1) is 0 Å². The molecule has 2 heterocycles. The van der Waals surface area contributed by atoms with E-state index in [1.807, 2.05) is 58.0 Å². The number of hydrogen-bond donors (Lipinski definition) is 2. The van der Waals surface area contributed by atoms with Crippen molar-refractivity contribution in [2.45, 2.75) is 58.0 Å². The number of nitrogens with zero attached hydrogens (tertiary/aromatic N) is 5. The summed E-state index contributed by atoms with van der Waals surface area (Å²) in [6, 6.07) is 2.73. The second-order valence-electron chi connectivity index (χ2n) is 11.0. The molecule has 1 aliphatic heterocycles. The second kappa shape index (κ2) is 19.5. The van der Waals surface area contributed by atoms with E-state index in [1.54, 1.807) is 30.7 Å². The van der Waals surface area contributed by atoms with Crippen molar-refractivity contribution in [3.8, 4) is 0 Å². The molecule has 0 fully saturated rings. The lowest BCUT2D eigenvalue weighted by Crippen LogP contribution is -2.37. The topological polar surface area (TPSA) is 102 Å². The van der Waals surface area contributed by atoms with Crippen LogP contribution in [0.4, 0.5) is 10.1 Å². The first kappa shape index (κ1) is 37.3. The lowest BCUT2D eigenvalue weighted by Gasteiger charge is -2.33. The van der Waals surface area contributed by atoms with Crippen molar-refractivity contribution in [3.63, 3.8) is 0 Å². The number of anilines is 1. The van der Waals surface area contributed by atoms with Crippen molar-refractivity contribution >= 4 is 34.8 Å². The van der Waals surface area contributed by atoms with Gasteiger partial charge in [0.05, 0.1) is 41.0 Å². The van der Waals surface area contributed by atoms with Crippen LogP contribution in [0.3, 0.4) is 0 Å². The summed E-state index contributed by atoms with van der Waals surface area (Å²) in [6.07, 6.45) is 13.8. The van der Waals surface area contributed by atoms with Crippen molar-refractivity contribution in [3.05, 3.63) is 76.9 Å². The number of nitrogens with one attached hydrogen (secondary N) is 2. The van der Waals surface area contributed by atoms with Gasteiger partial charge in [-0.2, -0.15) is 0 Å². The number of carbonyl (C=O) groups is 1. The number of halogens is 1. The molecule has 11 heteroatoms. The van der Waals surface area contributed by atoms with Gasteiger partial charge in [0.1, 0.15) is 29.6 Å². The average molecular weight is 640 g/mol. The minimum atomic E-state index is -1.39. The SMILES string of the molecule is C=C\C(C)=C/C(=C(/C=C(\N(C)C)N(CCCC)CCNC1=CCN=C(C)N=C1)CC=O)[C@@H](CF)Nc1ccc(C)nc1S(C)=O. The van der Waals surface area contributed by atoms with Crippen LogP contribution < -0.4 is 10.6 Å². The third kappa shape index (κ3) is 12.2. The molecule has 1 unspecified atom stereocenters. The highest BCUT2D eigenvalue weighted by Crippen LogP contribution is 2.26. The molecule has 0 aromatic carbocycles. The molecule has 1 aliphatic rings. The van der Waals surface area contributed by atoms with Crippen LogP contribution >= 0.6 is 0 Å². The van der Waals surface area contributed by atoms with Crippen LogP contribution in [0.25, 0.3) is 0 Å². The van der Waals surface area contributed by atoms with Gasteiger partial charge in [-0.1, -0.05) is 37.6 Å². The van der Waals surface area contributed by atoms with E-state index in [0.717, 1.165) is 48.6 Å². The number of aryl methyl sites for hydroxylation is 1. The van der Waals surface area contributed by atoms with Crippen LogP contribution in [0.2, 0.25) is 0 Å². The lowest BCUT2D eigenvalue weighted by molar-refractivity contribution is -0.107. The Morgan fingerprint density at radius 3 is 2.60 bits per heavy atom. The second-order valence-corrected chi connectivity index (χ2v) is 12.3. The summed E-state index contributed by atoms with van der Waals surface area (Å²) in [4.78, 5) is 29.5. The summed E-state index contributed by atoms with van der Waals surface area (Å²) in [5.41, 5.74) is 4.22. The highest BCUT2D eigenvalue weighted by Gasteiger charge is 2.21. The molecular weight excluding hydrogens is 589 g/mol. The summed E-state index contributed by atoms with van der Waals surface area (Å²) >= 11 is 0. The number of allylic oxidation sites excluding steroid dienone is 5. The monoisotopic (exact) mass is 639 g/mol. The van der Waals surface area contributed by atoms with E-state index in [0.29, 0.717) is 47.2 Å². The number of aliphatic imine (C=N–C) groups is 2. The Balaban J connectivity index is 2.61. The van der Waals surface area contributed by atoms with E-state index in [1.165, 1.54) is 0 Å². The molecule has 0 spiro atoms. The number of alkyl halides is 1. The van der Waals surface area contributed by atoms with Gasteiger partial charge in [0.2, 0.25) is 0 Å². The Bertz CT molecular complexity index is 1380. The first-order valence-electron chi connectivity index (χ1n) is 15.3. The molecule has 0 saturated carbocycles. The maximum atomic E-state index is 15.0. The van der Waals surface area contributed by atoms with Gasteiger partial charge in [-0.3, -0.25) is 9.20 Å². The quantitative estimate of drug-likeness (QED) is 0.155. The maximum Gasteiger partial charge on any atom is 0.150 e. The lowest BCUT2D eigenvalue weighted by atomic mass is 9.96. The predicted octanol–water partition coefficient (Wildman–Crippen LogP) is 5.38. The first-order valence-corrected chi connectivity index (χ1v) is 16.8. The average Bonchev–Trinajstić information content (AvgIpc) is 3.22. The Kier molecular flexibility index (Phi) is 16.2. The smallest absolute Gasteiger partial charge is 0.150 e. The third-order valence-corrected chi connectivity index (χ3v) is 7.97. The fourth-order valence-electron chi connectivity index (χ4n) is 4.65. The van der Waals surface area contributed by atoms with E-state index >= 15 is 0 Å². The van der Waals surface area contributed by atoms with E-state index in [9.17, 15) is 13.4 Å². The number of unbranched alkanes of at least 4 members (excludes halogenated alkanes) is 1. The first-order chi connectivity index (χ1) is 21.5. The fraction of sp³-hybridized carbons (Fsp3) is 0.471. The number of rotatable bonds is 19. The van der Waals surface area contributed by atoms with Crippen molar-refractivity contribution in [1.82, 2.24) is 20.1 Å². The number of aldehydes is 1. The van der Waals surface area contributed by atoms with E-state index in [4.69, 9.17) is 0 Å². The number of amidine groups is 1. The van der Waals surface area contributed by atoms with Gasteiger partial charge in [0.15, 0.2) is 0 Å². The molecule has 0 amide bonds. The zero-order valence-corrected chi connectivity index (χ0v) is 28.7. The minimum Gasteiger partial charge on any atom is -0.382 e. The fourth-order valence-corrected chi connectivity index (χ4v) is 5.36. The van der Waals surface area contributed by atoms with Crippen molar-refractivity contribution in [2.75, 3.05) is 58.5 Å². The highest BCUT2D eigenvalue weighted by molar-refractivity contribution is 7.84. The zero-order chi connectivity index (χ0) is 33.4. The van der Waals surface area contributed by atoms with Gasteiger partial charge < -0.3 is 25.2 Å². The minimum absolute atomic E-state index is 0.0764. The van der Waals surface area contributed by atoms with Crippen LogP contribution in [-0.4, -0.2) is 96.6 Å². The number of pyridine rings is 1. The molecule has 2 N–H and O–H groups in total. The molecule has 0 bridgehead atoms. The Labute approximate surface area is 271 Å². The summed E-state index contributed by atoms with van der Waals surface area (Å²) in [5.74, 6) is 1.65. The van der Waals surface area contributed by atoms with Gasteiger partial charge >= 0.3 is 0 Å². The largest absolute Gasteiger partial charge is 0.382 e. The predicted molar refractivity (Wildman–Crippen MR) is 187 cm³/mol. The van der Waals surface area contributed by atoms with Crippen LogP contribution in [0.5, 0.6) is 0 Å². The molecule has 2 atom stereocenters. The van der Waals surface area contributed by atoms with Crippen LogP contribution in [0.1, 0.15) is 45.7 Å². The highest BCUT2D eigenvalue weighted by atomic mass is 32.2. The number of hydrogen-bond acceptors (Lipinski definition) is 9. The summed E-state index contributed by atoms with van der Waals surface area (Å²) in [7, 11) is 2.54. The molecule has 0 radical (unpaired) electrons. The van der Waals surface area contributed by atoms with Gasteiger partial charge in [-0.05, 0) is 62.6 Å². The van der Waals surface area contributed by atoms with Gasteiger partial charge in [-0.25, -0.2) is 14.4 Å². The maximum absolute atomic E-state index is 15.0. The molecular formula is C34H50FN7O2S. The molecule has 246 valence electrons. The Morgan fingerprint density at radius 2 is 1.98 bits per heavy atom. The number of carbonyl (C=O) groups excluding carboxylic acids is 1. The summed E-state index contributed by atoms with van der Waals surface area (Å²) in [5, 5.41) is 7.06. The van der Waals surface area contributed by atoms with Gasteiger partial charge in [0.25, 0.3) is 0 Å². The van der Waals surface area contributed by atoms with Crippen molar-refractivity contribution in [1.29, 1.82) is 0 Å². The van der Waals surface area contributed by atoms with Crippen molar-refractivity contribution < 1.29 is 13.4 Å². The van der Waals surface area contributed by atoms with E-state index in [-0.39, 0.29) is 6.42 Å². The Hall–Kier alpha value is -3.86. The van der Waals surface area contributed by atoms with Crippen LogP contribution in [-0.2, 0) is 15.6 Å². The summed E-state index contributed by atoms with van der Waals surface area (Å²) < 4.78 is 27.5. The molecule has 9 nitrogen and oxygen atoms in total. The molecule has 45 heavy (non-hydrogen) atoms.